The minimum absolute atomic E-state index is 0.00883. The number of fused-ring (bicyclic) bond motifs is 1. The summed E-state index contributed by atoms with van der Waals surface area (Å²) in [6.45, 7) is 0.233. The Bertz CT molecular complexity index is 503. The van der Waals surface area contributed by atoms with Crippen molar-refractivity contribution in [3.8, 4) is 17.2 Å². The van der Waals surface area contributed by atoms with Gasteiger partial charge in [0.1, 0.15) is 24.1 Å². The highest BCUT2D eigenvalue weighted by Gasteiger charge is 2.27. The zero-order valence-corrected chi connectivity index (χ0v) is 10.5. The Labute approximate surface area is 110 Å². The van der Waals surface area contributed by atoms with Gasteiger partial charge < -0.3 is 30.8 Å². The van der Waals surface area contributed by atoms with E-state index in [1.165, 1.54) is 7.11 Å². The van der Waals surface area contributed by atoms with E-state index in [0.29, 0.717) is 35.0 Å². The molecule has 1 heterocycles. The van der Waals surface area contributed by atoms with Gasteiger partial charge in [-0.25, -0.2) is 0 Å². The van der Waals surface area contributed by atoms with Crippen LogP contribution in [0.5, 0.6) is 17.2 Å². The van der Waals surface area contributed by atoms with E-state index >= 15 is 0 Å². The number of rotatable bonds is 4. The summed E-state index contributed by atoms with van der Waals surface area (Å²) >= 11 is 0. The summed E-state index contributed by atoms with van der Waals surface area (Å²) < 4.78 is 16.2. The first-order valence-corrected chi connectivity index (χ1v) is 5.80. The molecular weight excluding hydrogens is 252 g/mol. The number of nitrogen functional groups attached to an aromatic ring is 2. The van der Waals surface area contributed by atoms with Gasteiger partial charge >= 0.3 is 5.97 Å². The van der Waals surface area contributed by atoms with Crippen molar-refractivity contribution in [2.45, 2.75) is 18.9 Å². The van der Waals surface area contributed by atoms with E-state index in [9.17, 15) is 4.79 Å². The first-order chi connectivity index (χ1) is 9.02. The van der Waals surface area contributed by atoms with Crippen LogP contribution in [-0.2, 0) is 4.79 Å². The Morgan fingerprint density at radius 1 is 1.53 bits per heavy atom. The third-order valence-corrected chi connectivity index (χ3v) is 2.86. The maximum atomic E-state index is 10.5. The molecular formula is C12H16N2O5. The van der Waals surface area contributed by atoms with Gasteiger partial charge in [-0.05, 0) is 6.42 Å². The van der Waals surface area contributed by atoms with Crippen LogP contribution in [0, 0.1) is 0 Å². The third kappa shape index (κ3) is 2.59. The van der Waals surface area contributed by atoms with Crippen LogP contribution in [0.3, 0.4) is 0 Å². The second-order valence-corrected chi connectivity index (χ2v) is 4.22. The van der Waals surface area contributed by atoms with E-state index in [1.54, 1.807) is 6.07 Å². The number of benzene rings is 1. The van der Waals surface area contributed by atoms with Crippen molar-refractivity contribution >= 4 is 17.3 Å². The molecule has 1 aliphatic rings. The van der Waals surface area contributed by atoms with Gasteiger partial charge in [-0.15, -0.1) is 0 Å². The molecule has 0 radical (unpaired) electrons. The zero-order valence-electron chi connectivity index (χ0n) is 10.5. The number of hydrogen-bond donors (Lipinski definition) is 3. The summed E-state index contributed by atoms with van der Waals surface area (Å²) in [5, 5.41) is 8.65. The average Bonchev–Trinajstić information content (AvgIpc) is 2.40. The van der Waals surface area contributed by atoms with Crippen LogP contribution >= 0.6 is 0 Å². The molecule has 1 aliphatic heterocycles. The second-order valence-electron chi connectivity index (χ2n) is 4.22. The molecule has 104 valence electrons. The molecule has 0 bridgehead atoms. The van der Waals surface area contributed by atoms with Crippen molar-refractivity contribution in [1.29, 1.82) is 0 Å². The summed E-state index contributed by atoms with van der Waals surface area (Å²) in [4.78, 5) is 10.5. The molecule has 0 aliphatic carbocycles. The number of carbonyl (C=O) groups is 1. The number of carboxylic acid groups (broad SMARTS) is 1. The number of nitrogens with two attached hydrogens (primary N) is 2. The smallest absolute Gasteiger partial charge is 0.303 e. The second kappa shape index (κ2) is 5.13. The number of ether oxygens (including phenoxy) is 3. The van der Waals surface area contributed by atoms with Gasteiger partial charge in [-0.3, -0.25) is 4.79 Å². The van der Waals surface area contributed by atoms with Gasteiger partial charge in [0, 0.05) is 12.5 Å². The fraction of sp³-hybridized carbons (Fsp3) is 0.417. The van der Waals surface area contributed by atoms with Crippen LogP contribution in [0.2, 0.25) is 0 Å². The molecule has 5 N–H and O–H groups in total. The maximum Gasteiger partial charge on any atom is 0.303 e. The predicted octanol–water partition coefficient (Wildman–Crippen LogP) is 0.864. The van der Waals surface area contributed by atoms with Gasteiger partial charge in [0.25, 0.3) is 0 Å². The highest BCUT2D eigenvalue weighted by atomic mass is 16.6. The molecule has 1 atom stereocenters. The summed E-state index contributed by atoms with van der Waals surface area (Å²) in [6, 6.07) is 1.55. The monoisotopic (exact) mass is 268 g/mol. The van der Waals surface area contributed by atoms with Crippen molar-refractivity contribution in [2.24, 2.45) is 0 Å². The predicted molar refractivity (Wildman–Crippen MR) is 68.6 cm³/mol. The lowest BCUT2D eigenvalue weighted by molar-refractivity contribution is -0.137. The van der Waals surface area contributed by atoms with Gasteiger partial charge in [0.2, 0.25) is 0 Å². The fourth-order valence-electron chi connectivity index (χ4n) is 1.89. The van der Waals surface area contributed by atoms with E-state index in [-0.39, 0.29) is 19.1 Å². The highest BCUT2D eigenvalue weighted by Crippen LogP contribution is 2.47. The average molecular weight is 268 g/mol. The number of hydrogen-bond acceptors (Lipinski definition) is 6. The Morgan fingerprint density at radius 3 is 2.89 bits per heavy atom. The van der Waals surface area contributed by atoms with Gasteiger partial charge in [0.05, 0.1) is 12.8 Å². The Kier molecular flexibility index (Phi) is 3.55. The number of anilines is 2. The zero-order chi connectivity index (χ0) is 14.0. The van der Waals surface area contributed by atoms with Gasteiger partial charge in [-0.2, -0.15) is 0 Å². The van der Waals surface area contributed by atoms with E-state index in [1.807, 2.05) is 0 Å². The maximum absolute atomic E-state index is 10.5. The normalized spacial score (nSPS) is 17.0. The first-order valence-electron chi connectivity index (χ1n) is 5.80. The molecule has 1 aromatic carbocycles. The largest absolute Gasteiger partial charge is 0.494 e. The minimum Gasteiger partial charge on any atom is -0.494 e. The van der Waals surface area contributed by atoms with Crippen LogP contribution < -0.4 is 25.7 Å². The quantitative estimate of drug-likeness (QED) is 0.693. The van der Waals surface area contributed by atoms with Crippen molar-refractivity contribution in [3.05, 3.63) is 6.07 Å². The molecule has 0 saturated heterocycles. The fourth-order valence-corrected chi connectivity index (χ4v) is 1.89. The van der Waals surface area contributed by atoms with E-state index < -0.39 is 5.97 Å². The molecule has 19 heavy (non-hydrogen) atoms. The standard InChI is InChI=1S/C12H16N2O5/c1-17-8-4-7(13)11-12(10(8)14)18-5-6(19-11)2-3-9(15)16/h4,6H,2-3,5,13-14H2,1H3,(H,15,16). The number of carboxylic acids is 1. The molecule has 0 aromatic heterocycles. The van der Waals surface area contributed by atoms with E-state index in [2.05, 4.69) is 0 Å². The third-order valence-electron chi connectivity index (χ3n) is 2.86. The minimum atomic E-state index is -0.878. The Balaban J connectivity index is 2.21. The number of aliphatic carboxylic acids is 1. The lowest BCUT2D eigenvalue weighted by Crippen LogP contribution is -2.30. The molecule has 1 aromatic rings. The lowest BCUT2D eigenvalue weighted by atomic mass is 10.1. The first kappa shape index (κ1) is 13.1. The van der Waals surface area contributed by atoms with Crippen molar-refractivity contribution < 1.29 is 24.1 Å². The molecule has 7 nitrogen and oxygen atoms in total. The Morgan fingerprint density at radius 2 is 2.26 bits per heavy atom. The van der Waals surface area contributed by atoms with Crippen molar-refractivity contribution in [3.63, 3.8) is 0 Å². The topological polar surface area (TPSA) is 117 Å². The van der Waals surface area contributed by atoms with Crippen LogP contribution in [0.1, 0.15) is 12.8 Å². The summed E-state index contributed by atoms with van der Waals surface area (Å²) in [5.74, 6) is 0.240. The summed E-state index contributed by atoms with van der Waals surface area (Å²) in [6.07, 6.45) is 0.00777. The summed E-state index contributed by atoms with van der Waals surface area (Å²) in [5.41, 5.74) is 12.4. The van der Waals surface area contributed by atoms with Crippen molar-refractivity contribution in [1.82, 2.24) is 0 Å². The Hall–Kier alpha value is -2.31. The molecule has 1 unspecified atom stereocenters. The van der Waals surface area contributed by atoms with E-state index in [4.69, 9.17) is 30.8 Å². The van der Waals surface area contributed by atoms with Crippen LogP contribution in [0.4, 0.5) is 11.4 Å². The van der Waals surface area contributed by atoms with Gasteiger partial charge in [0.15, 0.2) is 11.5 Å². The molecule has 0 saturated carbocycles. The van der Waals surface area contributed by atoms with Crippen LogP contribution in [-0.4, -0.2) is 30.9 Å². The van der Waals surface area contributed by atoms with Gasteiger partial charge in [-0.1, -0.05) is 0 Å². The molecule has 0 spiro atoms. The summed E-state index contributed by atoms with van der Waals surface area (Å²) in [7, 11) is 1.48. The molecule has 7 heteroatoms. The molecule has 0 fully saturated rings. The highest BCUT2D eigenvalue weighted by molar-refractivity contribution is 5.77. The van der Waals surface area contributed by atoms with Crippen LogP contribution in [0.25, 0.3) is 0 Å². The van der Waals surface area contributed by atoms with E-state index in [0.717, 1.165) is 0 Å². The van der Waals surface area contributed by atoms with Crippen molar-refractivity contribution in [2.75, 3.05) is 25.2 Å². The van der Waals surface area contributed by atoms with Crippen LogP contribution in [0.15, 0.2) is 6.07 Å². The number of methoxy groups -OCH3 is 1. The lowest BCUT2D eigenvalue weighted by Gasteiger charge is -2.28. The molecule has 2 rings (SSSR count). The SMILES string of the molecule is COc1cc(N)c2c(c1N)OCC(CCC(=O)O)O2. The molecule has 0 amide bonds.